The number of carbonyl (C=O) groups is 1. The van der Waals surface area contributed by atoms with Crippen LogP contribution in [0.3, 0.4) is 0 Å². The van der Waals surface area contributed by atoms with Crippen LogP contribution in [0.5, 0.6) is 11.5 Å². The molecule has 0 aromatic heterocycles. The van der Waals surface area contributed by atoms with Gasteiger partial charge in [-0.2, -0.15) is 8.78 Å². The van der Waals surface area contributed by atoms with E-state index in [4.69, 9.17) is 10.5 Å². The highest BCUT2D eigenvalue weighted by Gasteiger charge is 2.25. The average Bonchev–Trinajstić information content (AvgIpc) is 2.68. The van der Waals surface area contributed by atoms with Gasteiger partial charge in [0, 0.05) is 19.6 Å². The SMILES string of the molecule is CCOc1cc(CN(C)C(=O)C(C)C(N)c2ccccc2)ccc1OC(F)F.Cl. The van der Waals surface area contributed by atoms with Crippen molar-refractivity contribution in [2.45, 2.75) is 33.0 Å². The van der Waals surface area contributed by atoms with Gasteiger partial charge in [0.25, 0.3) is 0 Å². The summed E-state index contributed by atoms with van der Waals surface area (Å²) in [7, 11) is 1.68. The maximum Gasteiger partial charge on any atom is 0.387 e. The van der Waals surface area contributed by atoms with E-state index in [1.165, 1.54) is 6.07 Å². The zero-order chi connectivity index (χ0) is 20.7. The van der Waals surface area contributed by atoms with Crippen molar-refractivity contribution in [3.8, 4) is 11.5 Å². The van der Waals surface area contributed by atoms with Gasteiger partial charge >= 0.3 is 6.61 Å². The lowest BCUT2D eigenvalue weighted by molar-refractivity contribution is -0.134. The number of hydrogen-bond acceptors (Lipinski definition) is 4. The number of amides is 1. The van der Waals surface area contributed by atoms with Crippen molar-refractivity contribution in [2.75, 3.05) is 13.7 Å². The van der Waals surface area contributed by atoms with Gasteiger partial charge in [-0.3, -0.25) is 4.79 Å². The zero-order valence-corrected chi connectivity index (χ0v) is 17.5. The molecule has 0 saturated heterocycles. The normalized spacial score (nSPS) is 12.7. The molecule has 0 saturated carbocycles. The van der Waals surface area contributed by atoms with Crippen LogP contribution in [0, 0.1) is 5.92 Å². The number of carbonyl (C=O) groups excluding carboxylic acids is 1. The van der Waals surface area contributed by atoms with Crippen molar-refractivity contribution >= 4 is 18.3 Å². The molecule has 0 aliphatic heterocycles. The predicted octanol–water partition coefficient (Wildman–Crippen LogP) is 4.40. The van der Waals surface area contributed by atoms with Crippen molar-refractivity contribution in [3.05, 3.63) is 59.7 Å². The van der Waals surface area contributed by atoms with E-state index in [2.05, 4.69) is 4.74 Å². The first-order valence-corrected chi connectivity index (χ1v) is 9.09. The third-order valence-corrected chi connectivity index (χ3v) is 4.43. The van der Waals surface area contributed by atoms with Gasteiger partial charge in [0.15, 0.2) is 11.5 Å². The number of ether oxygens (including phenoxy) is 2. The fourth-order valence-electron chi connectivity index (χ4n) is 2.93. The Bertz CT molecular complexity index is 778. The summed E-state index contributed by atoms with van der Waals surface area (Å²) in [6.07, 6.45) is 0. The summed E-state index contributed by atoms with van der Waals surface area (Å²) in [5.41, 5.74) is 7.88. The summed E-state index contributed by atoms with van der Waals surface area (Å²) in [5, 5.41) is 0. The highest BCUT2D eigenvalue weighted by Crippen LogP contribution is 2.30. The summed E-state index contributed by atoms with van der Waals surface area (Å²) in [6.45, 7) is 1.21. The predicted molar refractivity (Wildman–Crippen MR) is 110 cm³/mol. The Morgan fingerprint density at radius 2 is 1.79 bits per heavy atom. The maximum atomic E-state index is 12.8. The minimum Gasteiger partial charge on any atom is -0.490 e. The lowest BCUT2D eigenvalue weighted by Crippen LogP contribution is -2.36. The van der Waals surface area contributed by atoms with Crippen molar-refractivity contribution in [2.24, 2.45) is 11.7 Å². The van der Waals surface area contributed by atoms with Crippen LogP contribution in [0.15, 0.2) is 48.5 Å². The largest absolute Gasteiger partial charge is 0.490 e. The number of alkyl halides is 2. The molecule has 29 heavy (non-hydrogen) atoms. The van der Waals surface area contributed by atoms with E-state index < -0.39 is 18.6 Å². The Morgan fingerprint density at radius 3 is 2.38 bits per heavy atom. The topological polar surface area (TPSA) is 64.8 Å². The molecule has 0 aliphatic carbocycles. The second-order valence-corrected chi connectivity index (χ2v) is 6.51. The Morgan fingerprint density at radius 1 is 1.14 bits per heavy atom. The van der Waals surface area contributed by atoms with Crippen LogP contribution in [0.25, 0.3) is 0 Å². The fraction of sp³-hybridized carbons (Fsp3) is 0.381. The van der Waals surface area contributed by atoms with E-state index in [0.29, 0.717) is 13.2 Å². The number of hydrogen-bond donors (Lipinski definition) is 1. The van der Waals surface area contributed by atoms with Crippen LogP contribution in [-0.4, -0.2) is 31.1 Å². The van der Waals surface area contributed by atoms with E-state index in [1.54, 1.807) is 37.9 Å². The van der Waals surface area contributed by atoms with Crippen molar-refractivity contribution in [3.63, 3.8) is 0 Å². The first-order chi connectivity index (χ1) is 13.3. The van der Waals surface area contributed by atoms with E-state index in [0.717, 1.165) is 11.1 Å². The Labute approximate surface area is 176 Å². The lowest BCUT2D eigenvalue weighted by atomic mass is 9.94. The molecule has 2 rings (SSSR count). The molecular weight excluding hydrogens is 402 g/mol. The van der Waals surface area contributed by atoms with Gasteiger partial charge in [-0.25, -0.2) is 0 Å². The average molecular weight is 429 g/mol. The molecule has 0 heterocycles. The van der Waals surface area contributed by atoms with Gasteiger partial charge in [0.05, 0.1) is 12.5 Å². The smallest absolute Gasteiger partial charge is 0.387 e. The fourth-order valence-corrected chi connectivity index (χ4v) is 2.93. The Kier molecular flexibility index (Phi) is 9.85. The summed E-state index contributed by atoms with van der Waals surface area (Å²) < 4.78 is 34.9. The van der Waals surface area contributed by atoms with E-state index >= 15 is 0 Å². The summed E-state index contributed by atoms with van der Waals surface area (Å²) in [4.78, 5) is 14.3. The van der Waals surface area contributed by atoms with Gasteiger partial charge in [0.1, 0.15) is 0 Å². The molecule has 0 aliphatic rings. The second kappa shape index (κ2) is 11.6. The molecular formula is C21H27ClF2N2O3. The van der Waals surface area contributed by atoms with E-state index in [9.17, 15) is 13.6 Å². The van der Waals surface area contributed by atoms with Crippen molar-refractivity contribution in [1.82, 2.24) is 4.90 Å². The van der Waals surface area contributed by atoms with Crippen LogP contribution in [0.1, 0.15) is 31.0 Å². The third-order valence-electron chi connectivity index (χ3n) is 4.43. The van der Waals surface area contributed by atoms with Gasteiger partial charge in [-0.05, 0) is 30.2 Å². The molecule has 2 N–H and O–H groups in total. The van der Waals surface area contributed by atoms with Crippen LogP contribution in [0.2, 0.25) is 0 Å². The number of halogens is 3. The van der Waals surface area contributed by atoms with E-state index in [1.807, 2.05) is 30.3 Å². The van der Waals surface area contributed by atoms with Crippen LogP contribution in [0.4, 0.5) is 8.78 Å². The minimum atomic E-state index is -2.94. The lowest BCUT2D eigenvalue weighted by Gasteiger charge is -2.26. The second-order valence-electron chi connectivity index (χ2n) is 6.51. The highest BCUT2D eigenvalue weighted by molar-refractivity contribution is 5.85. The monoisotopic (exact) mass is 428 g/mol. The summed E-state index contributed by atoms with van der Waals surface area (Å²) >= 11 is 0. The van der Waals surface area contributed by atoms with Crippen molar-refractivity contribution in [1.29, 1.82) is 0 Å². The third kappa shape index (κ3) is 6.87. The first-order valence-electron chi connectivity index (χ1n) is 9.09. The molecule has 160 valence electrons. The molecule has 2 aromatic rings. The quantitative estimate of drug-likeness (QED) is 0.642. The molecule has 5 nitrogen and oxygen atoms in total. The molecule has 8 heteroatoms. The zero-order valence-electron chi connectivity index (χ0n) is 16.7. The molecule has 0 spiro atoms. The van der Waals surface area contributed by atoms with Gasteiger partial charge in [0.2, 0.25) is 5.91 Å². The molecule has 1 amide bonds. The maximum absolute atomic E-state index is 12.8. The standard InChI is InChI=1S/C21H26F2N2O3.ClH/c1-4-27-18-12-15(10-11-17(18)28-21(22)23)13-25(3)20(26)14(2)19(24)16-8-6-5-7-9-16;/h5-12,14,19,21H,4,13,24H2,1-3H3;1H. The van der Waals surface area contributed by atoms with Crippen LogP contribution >= 0.6 is 12.4 Å². The molecule has 0 bridgehead atoms. The molecule has 2 unspecified atom stereocenters. The van der Waals surface area contributed by atoms with Gasteiger partial charge in [-0.1, -0.05) is 43.3 Å². The van der Waals surface area contributed by atoms with Gasteiger partial charge < -0.3 is 20.1 Å². The number of benzene rings is 2. The Balaban J connectivity index is 0.00000420. The van der Waals surface area contributed by atoms with Gasteiger partial charge in [-0.15, -0.1) is 12.4 Å². The minimum absolute atomic E-state index is 0. The van der Waals surface area contributed by atoms with Crippen LogP contribution in [-0.2, 0) is 11.3 Å². The molecule has 0 radical (unpaired) electrons. The number of nitrogens with two attached hydrogens (primary N) is 1. The molecule has 2 aromatic carbocycles. The Hall–Kier alpha value is -2.38. The van der Waals surface area contributed by atoms with Crippen LogP contribution < -0.4 is 15.2 Å². The molecule has 0 fully saturated rings. The number of nitrogens with zero attached hydrogens (tertiary/aromatic N) is 1. The highest BCUT2D eigenvalue weighted by atomic mass is 35.5. The van der Waals surface area contributed by atoms with Crippen molar-refractivity contribution < 1.29 is 23.0 Å². The van der Waals surface area contributed by atoms with E-state index in [-0.39, 0.29) is 29.8 Å². The number of rotatable bonds is 9. The molecule has 2 atom stereocenters. The first kappa shape index (κ1) is 24.7. The summed E-state index contributed by atoms with van der Waals surface area (Å²) in [5.74, 6) is -0.341. The summed E-state index contributed by atoms with van der Waals surface area (Å²) in [6, 6.07) is 13.7.